The van der Waals surface area contributed by atoms with E-state index in [1.165, 1.54) is 167 Å². The van der Waals surface area contributed by atoms with Gasteiger partial charge in [0.25, 0.3) is 0 Å². The molecule has 0 saturated heterocycles. The second-order valence-electron chi connectivity index (χ2n) is 28.1. The maximum Gasteiger partial charge on any atom is 0.472 e. The number of phosphoric ester groups is 2. The summed E-state index contributed by atoms with van der Waals surface area (Å²) >= 11 is 0. The van der Waals surface area contributed by atoms with E-state index >= 15 is 0 Å². The van der Waals surface area contributed by atoms with Gasteiger partial charge in [0.15, 0.2) is 12.2 Å². The van der Waals surface area contributed by atoms with Crippen LogP contribution in [0.25, 0.3) is 0 Å². The van der Waals surface area contributed by atoms with Gasteiger partial charge in [0, 0.05) is 25.7 Å². The Morgan fingerprint density at radius 1 is 0.301 bits per heavy atom. The molecule has 0 aliphatic carbocycles. The van der Waals surface area contributed by atoms with Crippen LogP contribution in [-0.2, 0) is 65.4 Å². The van der Waals surface area contributed by atoms with E-state index in [9.17, 15) is 43.2 Å². The van der Waals surface area contributed by atoms with Crippen LogP contribution >= 0.6 is 15.6 Å². The van der Waals surface area contributed by atoms with E-state index in [0.29, 0.717) is 25.7 Å². The van der Waals surface area contributed by atoms with Gasteiger partial charge in [0.1, 0.15) is 19.3 Å². The van der Waals surface area contributed by atoms with Crippen molar-refractivity contribution in [1.29, 1.82) is 0 Å². The van der Waals surface area contributed by atoms with Crippen molar-refractivity contribution in [3.63, 3.8) is 0 Å². The lowest BCUT2D eigenvalue weighted by molar-refractivity contribution is -0.161. The molecule has 0 spiro atoms. The Bertz CT molecular complexity index is 1840. The van der Waals surface area contributed by atoms with Crippen molar-refractivity contribution < 1.29 is 80.2 Å². The normalized spacial score (nSPS) is 14.8. The van der Waals surface area contributed by atoms with Crippen molar-refractivity contribution in [3.05, 3.63) is 0 Å². The van der Waals surface area contributed by atoms with Gasteiger partial charge in [0.05, 0.1) is 26.4 Å². The molecular formula is C74H144O17P2. The molecule has 0 amide bonds. The maximum atomic E-state index is 13.1. The summed E-state index contributed by atoms with van der Waals surface area (Å²) in [5.74, 6) is 0.947. The van der Waals surface area contributed by atoms with Crippen LogP contribution in [0.1, 0.15) is 370 Å². The Hall–Kier alpha value is -1.94. The summed E-state index contributed by atoms with van der Waals surface area (Å²) in [6.45, 7) is 14.2. The average molecular weight is 1370 g/mol. The highest BCUT2D eigenvalue weighted by molar-refractivity contribution is 7.47. The molecule has 93 heavy (non-hydrogen) atoms. The van der Waals surface area contributed by atoms with Crippen molar-refractivity contribution in [2.75, 3.05) is 39.6 Å². The molecule has 0 saturated carbocycles. The van der Waals surface area contributed by atoms with Gasteiger partial charge in [-0.25, -0.2) is 9.13 Å². The summed E-state index contributed by atoms with van der Waals surface area (Å²) in [5, 5.41) is 10.6. The van der Waals surface area contributed by atoms with Crippen molar-refractivity contribution in [2.45, 2.75) is 388 Å². The minimum absolute atomic E-state index is 0.105. The van der Waals surface area contributed by atoms with Gasteiger partial charge >= 0.3 is 39.5 Å². The largest absolute Gasteiger partial charge is 0.472 e. The Labute approximate surface area is 568 Å². The zero-order valence-electron chi connectivity index (χ0n) is 60.9. The summed E-state index contributed by atoms with van der Waals surface area (Å²) in [6, 6.07) is 0. The van der Waals surface area contributed by atoms with Crippen LogP contribution in [0, 0.1) is 23.7 Å². The highest BCUT2D eigenvalue weighted by Crippen LogP contribution is 2.45. The minimum Gasteiger partial charge on any atom is -0.462 e. The van der Waals surface area contributed by atoms with E-state index in [2.05, 4.69) is 55.4 Å². The zero-order chi connectivity index (χ0) is 68.9. The molecule has 0 aromatic heterocycles. The fraction of sp³-hybridized carbons (Fsp3) is 0.946. The third-order valence-electron chi connectivity index (χ3n) is 17.8. The smallest absolute Gasteiger partial charge is 0.462 e. The van der Waals surface area contributed by atoms with Crippen molar-refractivity contribution in [3.8, 4) is 0 Å². The molecule has 0 heterocycles. The number of phosphoric acid groups is 2. The SMILES string of the molecule is CCC(C)CCCCCCCCCCC(=O)OC[C@H](COP(=O)(O)OC[C@@H](O)COP(=O)(O)OC[C@@H](COC(=O)CCCCCCCCC(C)CC)OC(=O)CCCCCCCCCCCCCCC(C)C)OC(=O)CCCCCCCCCCCCCCCC(C)C. The van der Waals surface area contributed by atoms with Crippen molar-refractivity contribution in [2.24, 2.45) is 23.7 Å². The average Bonchev–Trinajstić information content (AvgIpc) is 1.87. The first-order valence-corrected chi connectivity index (χ1v) is 41.3. The number of unbranched alkanes of at least 4 members (excludes halogenated alkanes) is 35. The molecule has 0 aliphatic rings. The van der Waals surface area contributed by atoms with Gasteiger partial charge in [-0.3, -0.25) is 37.3 Å². The summed E-state index contributed by atoms with van der Waals surface area (Å²) < 4.78 is 68.5. The molecule has 7 atom stereocenters. The summed E-state index contributed by atoms with van der Waals surface area (Å²) in [6.07, 6.45) is 47.1. The topological polar surface area (TPSA) is 237 Å². The van der Waals surface area contributed by atoms with E-state index in [1.807, 2.05) is 0 Å². The van der Waals surface area contributed by atoms with E-state index < -0.39 is 97.5 Å². The van der Waals surface area contributed by atoms with Crippen molar-refractivity contribution >= 4 is 39.5 Å². The first-order valence-electron chi connectivity index (χ1n) is 38.3. The Kier molecular flexibility index (Phi) is 62.2. The fourth-order valence-electron chi connectivity index (χ4n) is 11.1. The van der Waals surface area contributed by atoms with Gasteiger partial charge in [-0.2, -0.15) is 0 Å². The van der Waals surface area contributed by atoms with Gasteiger partial charge in [-0.05, 0) is 49.4 Å². The van der Waals surface area contributed by atoms with Crippen LogP contribution in [-0.4, -0.2) is 96.7 Å². The van der Waals surface area contributed by atoms with Gasteiger partial charge in [-0.1, -0.05) is 319 Å². The predicted octanol–water partition coefficient (Wildman–Crippen LogP) is 21.3. The van der Waals surface area contributed by atoms with Crippen LogP contribution in [0.5, 0.6) is 0 Å². The van der Waals surface area contributed by atoms with Crippen molar-refractivity contribution in [1.82, 2.24) is 0 Å². The summed E-state index contributed by atoms with van der Waals surface area (Å²) in [5.41, 5.74) is 0. The third-order valence-corrected chi connectivity index (χ3v) is 19.7. The molecule has 0 aromatic carbocycles. The maximum absolute atomic E-state index is 13.1. The standard InChI is InChI=1S/C74H144O17P2/c1-9-66(7)52-44-36-28-24-25-29-38-46-54-71(76)84-60-69(90-73(78)56-48-40-30-22-18-13-11-12-16-20-26-34-42-50-64(3)4)62-88-92(80,81)86-58-68(75)59-87-93(82,83)89-63-70(61-85-72(77)55-47-39-33-32-37-45-53-67(8)10-2)91-74(79)57-49-41-31-23-19-15-14-17-21-27-35-43-51-65(5)6/h64-70,75H,9-63H2,1-8H3,(H,80,81)(H,82,83)/t66?,67?,68-,69-,70-/m1/s1. The van der Waals surface area contributed by atoms with E-state index in [4.69, 9.17) is 37.0 Å². The van der Waals surface area contributed by atoms with Crippen LogP contribution in [0.4, 0.5) is 0 Å². The number of hydrogen-bond donors (Lipinski definition) is 3. The molecule has 0 aromatic rings. The quantitative estimate of drug-likeness (QED) is 0.0222. The second kappa shape index (κ2) is 63.5. The fourth-order valence-corrected chi connectivity index (χ4v) is 12.7. The molecule has 552 valence electrons. The lowest BCUT2D eigenvalue weighted by Gasteiger charge is -2.21. The van der Waals surface area contributed by atoms with E-state index in [0.717, 1.165) is 120 Å². The number of hydrogen-bond acceptors (Lipinski definition) is 15. The number of carbonyl (C=O) groups excluding carboxylic acids is 4. The minimum atomic E-state index is -4.96. The molecule has 3 N–H and O–H groups in total. The zero-order valence-corrected chi connectivity index (χ0v) is 62.7. The predicted molar refractivity (Wildman–Crippen MR) is 377 cm³/mol. The molecule has 0 fully saturated rings. The van der Waals surface area contributed by atoms with Crippen LogP contribution in [0.3, 0.4) is 0 Å². The van der Waals surface area contributed by atoms with Crippen LogP contribution in [0.15, 0.2) is 0 Å². The van der Waals surface area contributed by atoms with Crippen LogP contribution in [0.2, 0.25) is 0 Å². The van der Waals surface area contributed by atoms with Gasteiger partial charge < -0.3 is 33.8 Å². The summed E-state index contributed by atoms with van der Waals surface area (Å²) in [7, 11) is -9.91. The molecule has 0 rings (SSSR count). The lowest BCUT2D eigenvalue weighted by Crippen LogP contribution is -2.30. The third kappa shape index (κ3) is 65.8. The number of rotatable bonds is 71. The molecule has 0 bridgehead atoms. The second-order valence-corrected chi connectivity index (χ2v) is 31.0. The highest BCUT2D eigenvalue weighted by Gasteiger charge is 2.30. The molecule has 4 unspecified atom stereocenters. The molecule has 0 aliphatic heterocycles. The Morgan fingerprint density at radius 3 is 0.763 bits per heavy atom. The Morgan fingerprint density at radius 2 is 0.516 bits per heavy atom. The van der Waals surface area contributed by atoms with Gasteiger partial charge in [-0.15, -0.1) is 0 Å². The first kappa shape index (κ1) is 91.1. The first-order chi connectivity index (χ1) is 44.7. The molecule has 19 heteroatoms. The number of esters is 4. The molecule has 17 nitrogen and oxygen atoms in total. The number of aliphatic hydroxyl groups is 1. The molecule has 0 radical (unpaired) electrons. The van der Waals surface area contributed by atoms with E-state index in [1.54, 1.807) is 0 Å². The highest BCUT2D eigenvalue weighted by atomic mass is 31.2. The summed E-state index contributed by atoms with van der Waals surface area (Å²) in [4.78, 5) is 72.7. The number of ether oxygens (including phenoxy) is 4. The Balaban J connectivity index is 5.26. The van der Waals surface area contributed by atoms with E-state index in [-0.39, 0.29) is 25.7 Å². The van der Waals surface area contributed by atoms with Crippen LogP contribution < -0.4 is 0 Å². The van der Waals surface area contributed by atoms with Gasteiger partial charge in [0.2, 0.25) is 0 Å². The molecular weight excluding hydrogens is 1220 g/mol. The number of aliphatic hydroxyl groups excluding tert-OH is 1. The monoisotopic (exact) mass is 1370 g/mol. The number of carbonyl (C=O) groups is 4. The lowest BCUT2D eigenvalue weighted by atomic mass is 9.99.